The number of ether oxygens (including phenoxy) is 1. The highest BCUT2D eigenvalue weighted by molar-refractivity contribution is 5.13. The number of hydrogen-bond acceptors (Lipinski definition) is 3. The van der Waals surface area contributed by atoms with E-state index in [0.29, 0.717) is 0 Å². The van der Waals surface area contributed by atoms with Crippen molar-refractivity contribution in [2.75, 3.05) is 7.11 Å². The van der Waals surface area contributed by atoms with Crippen molar-refractivity contribution < 1.29 is 4.74 Å². The van der Waals surface area contributed by atoms with Crippen LogP contribution < -0.4 is 16.0 Å². The van der Waals surface area contributed by atoms with Crippen LogP contribution in [-0.4, -0.2) is 16.2 Å². The zero-order valence-electron chi connectivity index (χ0n) is 9.70. The van der Waals surface area contributed by atoms with E-state index >= 15 is 0 Å². The number of methoxy groups -OCH3 is 1. The van der Waals surface area contributed by atoms with E-state index in [9.17, 15) is 9.59 Å². The lowest BCUT2D eigenvalue weighted by Gasteiger charge is -2.22. The highest BCUT2D eigenvalue weighted by Crippen LogP contribution is 2.09. The Bertz CT molecular complexity index is 477. The van der Waals surface area contributed by atoms with E-state index in [2.05, 4.69) is 0 Å². The molecule has 0 atom stereocenters. The van der Waals surface area contributed by atoms with E-state index in [4.69, 9.17) is 4.74 Å². The van der Waals surface area contributed by atoms with Crippen LogP contribution in [0.4, 0.5) is 0 Å². The summed E-state index contributed by atoms with van der Waals surface area (Å²) in [5.74, 6) is 0.173. The van der Waals surface area contributed by atoms with E-state index in [1.807, 2.05) is 0 Å². The molecule has 1 heterocycles. The van der Waals surface area contributed by atoms with Gasteiger partial charge in [-0.25, -0.2) is 4.79 Å². The van der Waals surface area contributed by atoms with Crippen molar-refractivity contribution >= 4 is 0 Å². The fraction of sp³-hybridized carbons (Fsp3) is 0.600. The van der Waals surface area contributed by atoms with Crippen LogP contribution in [0.3, 0.4) is 0 Å². The van der Waals surface area contributed by atoms with Gasteiger partial charge in [0.2, 0.25) is 5.75 Å². The van der Waals surface area contributed by atoms with E-state index in [0.717, 1.165) is 0 Å². The third-order valence-corrected chi connectivity index (χ3v) is 2.11. The van der Waals surface area contributed by atoms with Gasteiger partial charge in [0, 0.05) is 12.6 Å². The Kier molecular flexibility index (Phi) is 2.75. The molecule has 1 aromatic rings. The fourth-order valence-electron chi connectivity index (χ4n) is 1.37. The van der Waals surface area contributed by atoms with Gasteiger partial charge < -0.3 is 4.74 Å². The molecule has 0 N–H and O–H groups in total. The Hall–Kier alpha value is -1.52. The molecule has 0 unspecified atom stereocenters. The summed E-state index contributed by atoms with van der Waals surface area (Å²) < 4.78 is 7.45. The van der Waals surface area contributed by atoms with E-state index < -0.39 is 11.1 Å². The normalized spacial score (nSPS) is 11.5. The van der Waals surface area contributed by atoms with Crippen LogP contribution in [0.2, 0.25) is 0 Å². The summed E-state index contributed by atoms with van der Waals surface area (Å²) in [5, 5.41) is 0. The lowest BCUT2D eigenvalue weighted by molar-refractivity contribution is 0.331. The molecule has 0 aliphatic rings. The maximum absolute atomic E-state index is 11.8. The summed E-state index contributed by atoms with van der Waals surface area (Å²) in [4.78, 5) is 23.6. The highest BCUT2D eigenvalue weighted by atomic mass is 16.5. The lowest BCUT2D eigenvalue weighted by atomic mass is 10.1. The Morgan fingerprint density at radius 3 is 2.20 bits per heavy atom. The predicted molar refractivity (Wildman–Crippen MR) is 57.5 cm³/mol. The molecule has 0 spiro atoms. The molecule has 1 aromatic heterocycles. The first-order valence-electron chi connectivity index (χ1n) is 4.66. The summed E-state index contributed by atoms with van der Waals surface area (Å²) in [6, 6.07) is 0. The average Bonchev–Trinajstić information content (AvgIpc) is 2.09. The van der Waals surface area contributed by atoms with Crippen LogP contribution in [0.15, 0.2) is 15.8 Å². The van der Waals surface area contributed by atoms with E-state index in [1.54, 1.807) is 27.8 Å². The minimum atomic E-state index is -0.555. The Labute approximate surface area is 87.9 Å². The second kappa shape index (κ2) is 3.56. The zero-order valence-corrected chi connectivity index (χ0v) is 9.70. The number of aryl methyl sites for hydroxylation is 1. The third kappa shape index (κ3) is 1.95. The first-order chi connectivity index (χ1) is 6.79. The van der Waals surface area contributed by atoms with Crippen molar-refractivity contribution in [3.63, 3.8) is 0 Å². The maximum Gasteiger partial charge on any atom is 0.331 e. The Morgan fingerprint density at radius 2 is 1.80 bits per heavy atom. The molecule has 0 amide bonds. The molecule has 0 bridgehead atoms. The summed E-state index contributed by atoms with van der Waals surface area (Å²) >= 11 is 0. The van der Waals surface area contributed by atoms with Gasteiger partial charge in [-0.3, -0.25) is 13.9 Å². The molecule has 1 rings (SSSR count). The fourth-order valence-corrected chi connectivity index (χ4v) is 1.37. The topological polar surface area (TPSA) is 53.2 Å². The Balaban J connectivity index is 3.71. The molecule has 0 aromatic carbocycles. The highest BCUT2D eigenvalue weighted by Gasteiger charge is 2.21. The van der Waals surface area contributed by atoms with Crippen LogP contribution >= 0.6 is 0 Å². The van der Waals surface area contributed by atoms with E-state index in [-0.39, 0.29) is 11.4 Å². The smallest absolute Gasteiger partial charge is 0.331 e. The van der Waals surface area contributed by atoms with Gasteiger partial charge in [-0.05, 0) is 20.8 Å². The quantitative estimate of drug-likeness (QED) is 0.673. The van der Waals surface area contributed by atoms with Gasteiger partial charge in [-0.15, -0.1) is 0 Å². The SMILES string of the molecule is COc1cn(C)c(=O)n(C(C)(C)C)c1=O. The molecule has 5 nitrogen and oxygen atoms in total. The van der Waals surface area contributed by atoms with Crippen molar-refractivity contribution in [3.05, 3.63) is 27.0 Å². The second-order valence-corrected chi connectivity index (χ2v) is 4.40. The van der Waals surface area contributed by atoms with Gasteiger partial charge in [-0.2, -0.15) is 0 Å². The molecular formula is C10H16N2O3. The number of rotatable bonds is 1. The van der Waals surface area contributed by atoms with Crippen molar-refractivity contribution in [3.8, 4) is 5.75 Å². The van der Waals surface area contributed by atoms with E-state index in [1.165, 1.54) is 22.4 Å². The molecule has 0 fully saturated rings. The molecule has 5 heteroatoms. The predicted octanol–water partition coefficient (Wildman–Crippen LogP) is 0.311. The summed E-state index contributed by atoms with van der Waals surface area (Å²) in [6.45, 7) is 5.40. The lowest BCUT2D eigenvalue weighted by Crippen LogP contribution is -2.47. The molecule has 84 valence electrons. The van der Waals surface area contributed by atoms with Crippen molar-refractivity contribution in [1.82, 2.24) is 9.13 Å². The standard InChI is InChI=1S/C10H16N2O3/c1-10(2,3)12-8(13)7(15-5)6-11(4)9(12)14/h6H,1-5H3. The molecule has 0 aliphatic carbocycles. The molecule has 0 saturated heterocycles. The third-order valence-electron chi connectivity index (χ3n) is 2.11. The van der Waals surface area contributed by atoms with Crippen LogP contribution in [0, 0.1) is 0 Å². The number of hydrogen-bond donors (Lipinski definition) is 0. The van der Waals surface area contributed by atoms with Gasteiger partial charge in [-0.1, -0.05) is 0 Å². The van der Waals surface area contributed by atoms with Gasteiger partial charge in [0.25, 0.3) is 5.56 Å². The average molecular weight is 212 g/mol. The van der Waals surface area contributed by atoms with Gasteiger partial charge in [0.05, 0.1) is 13.3 Å². The second-order valence-electron chi connectivity index (χ2n) is 4.40. The van der Waals surface area contributed by atoms with Crippen molar-refractivity contribution in [2.24, 2.45) is 7.05 Å². The van der Waals surface area contributed by atoms with Crippen LogP contribution in [0.25, 0.3) is 0 Å². The summed E-state index contributed by atoms with van der Waals surface area (Å²) in [7, 11) is 3.00. The monoisotopic (exact) mass is 212 g/mol. The van der Waals surface area contributed by atoms with Crippen molar-refractivity contribution in [1.29, 1.82) is 0 Å². The summed E-state index contributed by atoms with van der Waals surface area (Å²) in [6.07, 6.45) is 1.40. The molecular weight excluding hydrogens is 196 g/mol. The zero-order chi connectivity index (χ0) is 11.8. The van der Waals surface area contributed by atoms with Gasteiger partial charge >= 0.3 is 5.69 Å². The number of aromatic nitrogens is 2. The van der Waals surface area contributed by atoms with Crippen LogP contribution in [-0.2, 0) is 12.6 Å². The van der Waals surface area contributed by atoms with Gasteiger partial charge in [0.15, 0.2) is 0 Å². The van der Waals surface area contributed by atoms with Crippen LogP contribution in [0.5, 0.6) is 5.75 Å². The first-order valence-corrected chi connectivity index (χ1v) is 4.66. The van der Waals surface area contributed by atoms with Gasteiger partial charge in [0.1, 0.15) is 0 Å². The molecule has 15 heavy (non-hydrogen) atoms. The minimum absolute atomic E-state index is 0.173. The molecule has 0 radical (unpaired) electrons. The Morgan fingerprint density at radius 1 is 1.27 bits per heavy atom. The van der Waals surface area contributed by atoms with Crippen LogP contribution in [0.1, 0.15) is 20.8 Å². The number of nitrogens with zero attached hydrogens (tertiary/aromatic N) is 2. The van der Waals surface area contributed by atoms with Crippen molar-refractivity contribution in [2.45, 2.75) is 26.3 Å². The minimum Gasteiger partial charge on any atom is -0.490 e. The maximum atomic E-state index is 11.8. The largest absolute Gasteiger partial charge is 0.490 e. The first kappa shape index (κ1) is 11.6. The molecule has 0 aliphatic heterocycles. The summed E-state index contributed by atoms with van der Waals surface area (Å²) in [5.41, 5.74) is -1.29. The molecule has 0 saturated carbocycles.